The second-order valence-corrected chi connectivity index (χ2v) is 6.54. The molecule has 1 aliphatic rings. The van der Waals surface area contributed by atoms with Crippen LogP contribution in [0.15, 0.2) is 47.5 Å². The molecule has 1 aliphatic heterocycles. The fourth-order valence-corrected chi connectivity index (χ4v) is 3.30. The van der Waals surface area contributed by atoms with E-state index in [1.807, 2.05) is 18.2 Å². The summed E-state index contributed by atoms with van der Waals surface area (Å²) in [5, 5.41) is 3.32. The Bertz CT molecular complexity index is 803. The van der Waals surface area contributed by atoms with Crippen LogP contribution in [-0.2, 0) is 6.54 Å². The van der Waals surface area contributed by atoms with Crippen molar-refractivity contribution in [3.05, 3.63) is 53.8 Å². The fourth-order valence-electron chi connectivity index (χ4n) is 3.30. The van der Waals surface area contributed by atoms with Gasteiger partial charge in [0, 0.05) is 45.5 Å². The summed E-state index contributed by atoms with van der Waals surface area (Å²) in [6, 6.07) is 13.1. The Morgan fingerprint density at radius 3 is 2.32 bits per heavy atom. The number of halogens is 1. The lowest BCUT2D eigenvalue weighted by molar-refractivity contribution is 0.372. The van der Waals surface area contributed by atoms with Gasteiger partial charge in [-0.05, 0) is 42.0 Å². The number of hydrogen-bond donors (Lipinski definition) is 1. The van der Waals surface area contributed by atoms with Gasteiger partial charge in [-0.25, -0.2) is 4.39 Å². The maximum atomic E-state index is 13.9. The number of nitrogens with one attached hydrogen (secondary N) is 1. The number of rotatable bonds is 5. The molecule has 1 fully saturated rings. The van der Waals surface area contributed by atoms with Crippen molar-refractivity contribution >= 4 is 11.6 Å². The van der Waals surface area contributed by atoms with E-state index < -0.39 is 0 Å². The summed E-state index contributed by atoms with van der Waals surface area (Å²) in [5.41, 5.74) is 2.04. The highest BCUT2D eigenvalue weighted by Gasteiger charge is 2.20. The lowest BCUT2D eigenvalue weighted by atomic mass is 10.2. The number of ether oxygens (including phenoxy) is 2. The average Bonchev–Trinajstić information content (AvgIpc) is 2.75. The maximum absolute atomic E-state index is 13.9. The predicted octanol–water partition coefficient (Wildman–Crippen LogP) is 2.74. The molecule has 1 saturated heterocycles. The summed E-state index contributed by atoms with van der Waals surface area (Å²) < 4.78 is 24.0. The lowest BCUT2D eigenvalue weighted by Crippen LogP contribution is -2.52. The monoisotopic (exact) mass is 386 g/mol. The van der Waals surface area contributed by atoms with Crippen molar-refractivity contribution in [2.24, 2.45) is 4.99 Å². The summed E-state index contributed by atoms with van der Waals surface area (Å²) in [6.45, 7) is 4.05. The molecule has 1 heterocycles. The van der Waals surface area contributed by atoms with Gasteiger partial charge in [-0.15, -0.1) is 0 Å². The molecule has 0 bridgehead atoms. The van der Waals surface area contributed by atoms with Crippen LogP contribution in [0.2, 0.25) is 0 Å². The number of hydrogen-bond acceptors (Lipinski definition) is 4. The van der Waals surface area contributed by atoms with Gasteiger partial charge in [-0.1, -0.05) is 6.07 Å². The molecule has 28 heavy (non-hydrogen) atoms. The number of anilines is 1. The van der Waals surface area contributed by atoms with Gasteiger partial charge in [-0.2, -0.15) is 0 Å². The minimum atomic E-state index is -0.357. The van der Waals surface area contributed by atoms with E-state index in [-0.39, 0.29) is 11.6 Å². The Labute approximate surface area is 165 Å². The summed E-state index contributed by atoms with van der Waals surface area (Å²) in [4.78, 5) is 8.95. The largest absolute Gasteiger partial charge is 0.497 e. The molecule has 0 radical (unpaired) electrons. The Hall–Kier alpha value is -2.96. The third-order valence-electron chi connectivity index (χ3n) is 4.90. The number of methoxy groups -OCH3 is 2. The Morgan fingerprint density at radius 2 is 1.75 bits per heavy atom. The second kappa shape index (κ2) is 9.30. The number of piperazine rings is 1. The first-order valence-corrected chi connectivity index (χ1v) is 9.31. The van der Waals surface area contributed by atoms with E-state index in [9.17, 15) is 4.39 Å². The third-order valence-corrected chi connectivity index (χ3v) is 4.90. The number of nitrogens with zero attached hydrogens (tertiary/aromatic N) is 3. The number of benzene rings is 2. The lowest BCUT2D eigenvalue weighted by Gasteiger charge is -2.37. The van der Waals surface area contributed by atoms with Gasteiger partial charge in [0.15, 0.2) is 17.5 Å². The van der Waals surface area contributed by atoms with Crippen molar-refractivity contribution in [2.75, 3.05) is 52.3 Å². The molecule has 0 spiro atoms. The quantitative estimate of drug-likeness (QED) is 0.633. The molecular weight excluding hydrogens is 359 g/mol. The van der Waals surface area contributed by atoms with Gasteiger partial charge in [0.1, 0.15) is 5.75 Å². The van der Waals surface area contributed by atoms with Crippen LogP contribution in [0.4, 0.5) is 10.1 Å². The van der Waals surface area contributed by atoms with Crippen LogP contribution < -0.4 is 19.7 Å². The molecule has 1 N–H and O–H groups in total. The first-order chi connectivity index (χ1) is 13.6. The molecule has 0 atom stereocenters. The summed E-state index contributed by atoms with van der Waals surface area (Å²) in [7, 11) is 4.91. The van der Waals surface area contributed by atoms with E-state index in [2.05, 4.69) is 32.2 Å². The van der Waals surface area contributed by atoms with E-state index in [0.717, 1.165) is 43.5 Å². The predicted molar refractivity (Wildman–Crippen MR) is 110 cm³/mol. The van der Waals surface area contributed by atoms with Crippen molar-refractivity contribution in [1.29, 1.82) is 0 Å². The van der Waals surface area contributed by atoms with Crippen molar-refractivity contribution in [3.8, 4) is 11.5 Å². The van der Waals surface area contributed by atoms with E-state index in [0.29, 0.717) is 6.54 Å². The Morgan fingerprint density at radius 1 is 1.04 bits per heavy atom. The van der Waals surface area contributed by atoms with E-state index >= 15 is 0 Å². The van der Waals surface area contributed by atoms with Gasteiger partial charge in [0.25, 0.3) is 0 Å². The molecule has 2 aromatic carbocycles. The van der Waals surface area contributed by atoms with Gasteiger partial charge in [0.05, 0.1) is 14.2 Å². The molecule has 0 saturated carbocycles. The summed E-state index contributed by atoms with van der Waals surface area (Å²) in [5.74, 6) is 1.58. The van der Waals surface area contributed by atoms with Crippen molar-refractivity contribution < 1.29 is 13.9 Å². The van der Waals surface area contributed by atoms with Crippen LogP contribution in [-0.4, -0.2) is 58.3 Å². The van der Waals surface area contributed by atoms with E-state index in [4.69, 9.17) is 9.47 Å². The number of aliphatic imine (C=N–C) groups is 1. The Kier molecular flexibility index (Phi) is 6.57. The van der Waals surface area contributed by atoms with Gasteiger partial charge in [-0.3, -0.25) is 4.99 Å². The zero-order chi connectivity index (χ0) is 19.9. The molecule has 6 nitrogen and oxygen atoms in total. The fraction of sp³-hybridized carbons (Fsp3) is 0.381. The van der Waals surface area contributed by atoms with Crippen LogP contribution >= 0.6 is 0 Å². The highest BCUT2D eigenvalue weighted by molar-refractivity contribution is 5.80. The standard InChI is InChI=1S/C21H27FN4O2/c1-23-21(24-15-16-4-9-20(28-3)19(22)14-16)26-12-10-25(11-13-26)17-5-7-18(27-2)8-6-17/h4-9,14H,10-13,15H2,1-3H3,(H,23,24). The molecule has 150 valence electrons. The van der Waals surface area contributed by atoms with Crippen LogP contribution in [0.25, 0.3) is 0 Å². The van der Waals surface area contributed by atoms with Crippen LogP contribution in [0.1, 0.15) is 5.56 Å². The topological polar surface area (TPSA) is 49.3 Å². The second-order valence-electron chi connectivity index (χ2n) is 6.54. The first kappa shape index (κ1) is 19.8. The first-order valence-electron chi connectivity index (χ1n) is 9.31. The van der Waals surface area contributed by atoms with Crippen LogP contribution in [0, 0.1) is 5.82 Å². The molecule has 0 amide bonds. The molecular formula is C21H27FN4O2. The van der Waals surface area contributed by atoms with Gasteiger partial charge >= 0.3 is 0 Å². The van der Waals surface area contributed by atoms with E-state index in [1.54, 1.807) is 20.2 Å². The van der Waals surface area contributed by atoms with Crippen molar-refractivity contribution in [3.63, 3.8) is 0 Å². The zero-order valence-corrected chi connectivity index (χ0v) is 16.6. The highest BCUT2D eigenvalue weighted by atomic mass is 19.1. The van der Waals surface area contributed by atoms with Crippen LogP contribution in [0.3, 0.4) is 0 Å². The molecule has 0 aromatic heterocycles. The molecule has 2 aromatic rings. The van der Waals surface area contributed by atoms with Crippen molar-refractivity contribution in [1.82, 2.24) is 10.2 Å². The minimum Gasteiger partial charge on any atom is -0.497 e. The average molecular weight is 386 g/mol. The number of guanidine groups is 1. The van der Waals surface area contributed by atoms with Crippen LogP contribution in [0.5, 0.6) is 11.5 Å². The third kappa shape index (κ3) is 4.65. The summed E-state index contributed by atoms with van der Waals surface area (Å²) >= 11 is 0. The Balaban J connectivity index is 1.54. The van der Waals surface area contributed by atoms with E-state index in [1.165, 1.54) is 18.9 Å². The maximum Gasteiger partial charge on any atom is 0.194 e. The van der Waals surface area contributed by atoms with Crippen molar-refractivity contribution in [2.45, 2.75) is 6.54 Å². The molecule has 0 unspecified atom stereocenters. The normalized spacial score (nSPS) is 14.8. The molecule has 7 heteroatoms. The zero-order valence-electron chi connectivity index (χ0n) is 16.6. The molecule has 0 aliphatic carbocycles. The summed E-state index contributed by atoms with van der Waals surface area (Å²) in [6.07, 6.45) is 0. The highest BCUT2D eigenvalue weighted by Crippen LogP contribution is 2.21. The molecule has 3 rings (SSSR count). The SMILES string of the molecule is CN=C(NCc1ccc(OC)c(F)c1)N1CCN(c2ccc(OC)cc2)CC1. The smallest absolute Gasteiger partial charge is 0.194 e. The minimum absolute atomic E-state index is 0.253. The van der Waals surface area contributed by atoms with Gasteiger partial charge in [0.2, 0.25) is 0 Å². The van der Waals surface area contributed by atoms with Gasteiger partial charge < -0.3 is 24.6 Å².